The number of H-pyrrole nitrogens is 2. The maximum atomic E-state index is 11.4. The molecule has 0 aliphatic carbocycles. The number of aromatic amines is 2. The quantitative estimate of drug-likeness (QED) is 0.629. The lowest BCUT2D eigenvalue weighted by Crippen LogP contribution is -2.23. The molecule has 0 unspecified atom stereocenters. The number of nitrogens with one attached hydrogen (secondary N) is 2. The third kappa shape index (κ3) is 1.67. The molecule has 0 bridgehead atoms. The van der Waals surface area contributed by atoms with E-state index in [2.05, 4.69) is 9.97 Å². The van der Waals surface area contributed by atoms with E-state index in [1.54, 1.807) is 30.3 Å². The third-order valence-corrected chi connectivity index (χ3v) is 1.99. The van der Waals surface area contributed by atoms with E-state index in [9.17, 15) is 14.7 Å². The van der Waals surface area contributed by atoms with Crippen LogP contribution in [-0.2, 0) is 0 Å². The van der Waals surface area contributed by atoms with Crippen LogP contribution in [0.5, 0.6) is 5.88 Å². The summed E-state index contributed by atoms with van der Waals surface area (Å²) in [5, 5.41) is 9.45. The van der Waals surface area contributed by atoms with Gasteiger partial charge in [0.1, 0.15) is 5.56 Å². The van der Waals surface area contributed by atoms with Crippen LogP contribution >= 0.6 is 0 Å². The second-order valence-corrected chi connectivity index (χ2v) is 3.00. The Morgan fingerprint density at radius 2 is 1.67 bits per heavy atom. The van der Waals surface area contributed by atoms with E-state index in [4.69, 9.17) is 0 Å². The molecule has 0 saturated heterocycles. The minimum Gasteiger partial charge on any atom is -0.494 e. The normalized spacial score (nSPS) is 10.1. The van der Waals surface area contributed by atoms with Gasteiger partial charge in [0, 0.05) is 0 Å². The van der Waals surface area contributed by atoms with E-state index in [1.807, 2.05) is 0 Å². The maximum Gasteiger partial charge on any atom is 0.328 e. The Hall–Kier alpha value is -2.30. The largest absolute Gasteiger partial charge is 0.494 e. The fourth-order valence-corrected chi connectivity index (χ4v) is 1.35. The van der Waals surface area contributed by atoms with E-state index in [-0.39, 0.29) is 5.56 Å². The number of aromatic hydroxyl groups is 1. The first kappa shape index (κ1) is 9.26. The van der Waals surface area contributed by atoms with E-state index in [0.717, 1.165) is 0 Å². The van der Waals surface area contributed by atoms with Gasteiger partial charge in [-0.25, -0.2) is 4.79 Å². The van der Waals surface area contributed by atoms with Crippen molar-refractivity contribution in [3.8, 4) is 17.0 Å². The number of rotatable bonds is 1. The maximum absolute atomic E-state index is 11.4. The second-order valence-electron chi connectivity index (χ2n) is 3.00. The van der Waals surface area contributed by atoms with Crippen molar-refractivity contribution in [3.63, 3.8) is 0 Å². The van der Waals surface area contributed by atoms with Crippen molar-refractivity contribution < 1.29 is 5.11 Å². The summed E-state index contributed by atoms with van der Waals surface area (Å²) in [4.78, 5) is 26.4. The van der Waals surface area contributed by atoms with E-state index >= 15 is 0 Å². The first-order chi connectivity index (χ1) is 7.18. The first-order valence-electron chi connectivity index (χ1n) is 4.29. The minimum absolute atomic E-state index is 0.0650. The molecular weight excluding hydrogens is 196 g/mol. The Morgan fingerprint density at radius 3 is 2.27 bits per heavy atom. The molecule has 0 aliphatic rings. The van der Waals surface area contributed by atoms with Gasteiger partial charge in [0.2, 0.25) is 5.88 Å². The Kier molecular flexibility index (Phi) is 2.13. The Bertz CT molecular complexity index is 584. The van der Waals surface area contributed by atoms with Crippen LogP contribution in [0.15, 0.2) is 39.9 Å². The van der Waals surface area contributed by atoms with Crippen molar-refractivity contribution in [1.29, 1.82) is 0 Å². The lowest BCUT2D eigenvalue weighted by molar-refractivity contribution is 0.451. The van der Waals surface area contributed by atoms with Gasteiger partial charge in [0.15, 0.2) is 0 Å². The zero-order chi connectivity index (χ0) is 10.8. The van der Waals surface area contributed by atoms with Crippen LogP contribution in [0.2, 0.25) is 0 Å². The molecule has 1 aromatic heterocycles. The molecule has 0 fully saturated rings. The standard InChI is InChI=1S/C10H8N2O3/c13-8-7(6-4-2-1-3-5-6)9(14)12-10(15)11-8/h1-5H,(H3,11,12,13,14,15). The van der Waals surface area contributed by atoms with Crippen molar-refractivity contribution in [2.45, 2.75) is 0 Å². The van der Waals surface area contributed by atoms with Crippen molar-refractivity contribution in [1.82, 2.24) is 9.97 Å². The molecule has 0 atom stereocenters. The summed E-state index contributed by atoms with van der Waals surface area (Å²) in [7, 11) is 0. The first-order valence-corrected chi connectivity index (χ1v) is 4.29. The molecule has 1 heterocycles. The van der Waals surface area contributed by atoms with Crippen LogP contribution in [0.1, 0.15) is 0 Å². The van der Waals surface area contributed by atoms with Crippen molar-refractivity contribution in [2.75, 3.05) is 0 Å². The van der Waals surface area contributed by atoms with Gasteiger partial charge in [-0.15, -0.1) is 0 Å². The highest BCUT2D eigenvalue weighted by atomic mass is 16.3. The molecule has 2 aromatic rings. The molecular formula is C10H8N2O3. The summed E-state index contributed by atoms with van der Waals surface area (Å²) in [5.74, 6) is -0.421. The van der Waals surface area contributed by atoms with Crippen LogP contribution in [0, 0.1) is 0 Å². The number of hydrogen-bond donors (Lipinski definition) is 3. The van der Waals surface area contributed by atoms with Gasteiger partial charge in [-0.3, -0.25) is 14.8 Å². The van der Waals surface area contributed by atoms with Gasteiger partial charge in [0.25, 0.3) is 5.56 Å². The number of aromatic nitrogens is 2. The monoisotopic (exact) mass is 204 g/mol. The highest BCUT2D eigenvalue weighted by Crippen LogP contribution is 2.20. The summed E-state index contributed by atoms with van der Waals surface area (Å²) >= 11 is 0. The van der Waals surface area contributed by atoms with E-state index in [0.29, 0.717) is 5.56 Å². The third-order valence-electron chi connectivity index (χ3n) is 1.99. The minimum atomic E-state index is -0.725. The van der Waals surface area contributed by atoms with Gasteiger partial charge >= 0.3 is 5.69 Å². The molecule has 15 heavy (non-hydrogen) atoms. The van der Waals surface area contributed by atoms with E-state index in [1.165, 1.54) is 0 Å². The molecule has 0 spiro atoms. The number of hydrogen-bond acceptors (Lipinski definition) is 3. The highest BCUT2D eigenvalue weighted by molar-refractivity contribution is 5.66. The molecule has 0 saturated carbocycles. The molecule has 5 heteroatoms. The van der Waals surface area contributed by atoms with Gasteiger partial charge in [-0.1, -0.05) is 30.3 Å². The van der Waals surface area contributed by atoms with Crippen molar-refractivity contribution in [2.24, 2.45) is 0 Å². The Morgan fingerprint density at radius 1 is 1.00 bits per heavy atom. The Labute approximate surface area is 84.0 Å². The molecule has 2 rings (SSSR count). The van der Waals surface area contributed by atoms with Crippen LogP contribution in [-0.4, -0.2) is 15.1 Å². The molecule has 0 aliphatic heterocycles. The smallest absolute Gasteiger partial charge is 0.328 e. The lowest BCUT2D eigenvalue weighted by atomic mass is 10.1. The molecule has 1 aromatic carbocycles. The summed E-state index contributed by atoms with van der Waals surface area (Å²) in [6.07, 6.45) is 0. The van der Waals surface area contributed by atoms with Crippen molar-refractivity contribution in [3.05, 3.63) is 51.2 Å². The topological polar surface area (TPSA) is 85.9 Å². The van der Waals surface area contributed by atoms with Gasteiger partial charge in [0.05, 0.1) is 0 Å². The fourth-order valence-electron chi connectivity index (χ4n) is 1.35. The summed E-state index contributed by atoms with van der Waals surface area (Å²) in [5.41, 5.74) is -0.720. The average Bonchev–Trinajstić information content (AvgIpc) is 2.17. The second kappa shape index (κ2) is 3.45. The molecule has 0 radical (unpaired) electrons. The predicted molar refractivity (Wildman–Crippen MR) is 54.8 cm³/mol. The summed E-state index contributed by atoms with van der Waals surface area (Å²) in [6, 6.07) is 8.60. The summed E-state index contributed by atoms with van der Waals surface area (Å²) in [6.45, 7) is 0. The van der Waals surface area contributed by atoms with Crippen LogP contribution in [0.4, 0.5) is 0 Å². The van der Waals surface area contributed by atoms with Crippen LogP contribution in [0.25, 0.3) is 11.1 Å². The van der Waals surface area contributed by atoms with E-state index < -0.39 is 17.1 Å². The van der Waals surface area contributed by atoms with Gasteiger partial charge in [-0.05, 0) is 5.56 Å². The molecule has 0 amide bonds. The highest BCUT2D eigenvalue weighted by Gasteiger charge is 2.09. The average molecular weight is 204 g/mol. The zero-order valence-electron chi connectivity index (χ0n) is 7.65. The Balaban J connectivity index is 2.75. The predicted octanol–water partition coefficient (Wildman–Crippen LogP) is 0.436. The lowest BCUT2D eigenvalue weighted by Gasteiger charge is -2.01. The molecule has 3 N–H and O–H groups in total. The SMILES string of the molecule is O=c1[nH]c(O)c(-c2ccccc2)c(=O)[nH]1. The molecule has 5 nitrogen and oxygen atoms in total. The van der Waals surface area contributed by atoms with Gasteiger partial charge in [-0.2, -0.15) is 0 Å². The number of benzene rings is 1. The summed E-state index contributed by atoms with van der Waals surface area (Å²) < 4.78 is 0. The van der Waals surface area contributed by atoms with Crippen LogP contribution < -0.4 is 11.2 Å². The van der Waals surface area contributed by atoms with Gasteiger partial charge < -0.3 is 5.11 Å². The molecule has 76 valence electrons. The fraction of sp³-hybridized carbons (Fsp3) is 0. The van der Waals surface area contributed by atoms with Crippen LogP contribution in [0.3, 0.4) is 0 Å². The zero-order valence-corrected chi connectivity index (χ0v) is 7.65. The van der Waals surface area contributed by atoms with Crippen molar-refractivity contribution >= 4 is 0 Å².